The minimum atomic E-state index is -0.0606. The molecule has 3 rings (SSSR count). The lowest BCUT2D eigenvalue weighted by Crippen LogP contribution is -2.51. The summed E-state index contributed by atoms with van der Waals surface area (Å²) in [5.74, 6) is 1.04. The predicted octanol–water partition coefficient (Wildman–Crippen LogP) is 3.52. The van der Waals surface area contributed by atoms with Crippen molar-refractivity contribution in [2.45, 2.75) is 32.2 Å². The topological polar surface area (TPSA) is 74.0 Å². The van der Waals surface area contributed by atoms with Crippen molar-refractivity contribution in [2.24, 2.45) is 16.6 Å². The van der Waals surface area contributed by atoms with Gasteiger partial charge in [0.1, 0.15) is 0 Å². The van der Waals surface area contributed by atoms with Gasteiger partial charge in [-0.05, 0) is 37.5 Å². The second kappa shape index (κ2) is 11.6. The van der Waals surface area contributed by atoms with E-state index in [0.717, 1.165) is 51.1 Å². The lowest BCUT2D eigenvalue weighted by molar-refractivity contribution is -0.139. The van der Waals surface area contributed by atoms with E-state index in [4.69, 9.17) is 28.9 Å². The maximum absolute atomic E-state index is 12.3. The summed E-state index contributed by atoms with van der Waals surface area (Å²) in [5, 5.41) is 4.38. The van der Waals surface area contributed by atoms with Crippen LogP contribution in [0.25, 0.3) is 0 Å². The lowest BCUT2D eigenvalue weighted by Gasteiger charge is -2.38. The number of nitrogens with two attached hydrogens (primary N) is 1. The van der Waals surface area contributed by atoms with Crippen molar-refractivity contribution in [1.29, 1.82) is 0 Å². The van der Waals surface area contributed by atoms with Crippen LogP contribution in [-0.4, -0.2) is 60.9 Å². The molecule has 9 heteroatoms. The van der Waals surface area contributed by atoms with Gasteiger partial charge in [-0.3, -0.25) is 14.7 Å². The number of nitrogens with one attached hydrogen (secondary N) is 1. The molecule has 2 aliphatic rings. The average Bonchev–Trinajstić information content (AvgIpc) is 2.60. The van der Waals surface area contributed by atoms with Crippen LogP contribution in [0.2, 0.25) is 10.0 Å². The second-order valence-electron chi connectivity index (χ2n) is 7.59. The van der Waals surface area contributed by atoms with E-state index in [1.807, 2.05) is 24.0 Å². The summed E-state index contributed by atoms with van der Waals surface area (Å²) in [5.41, 5.74) is 6.95. The highest BCUT2D eigenvalue weighted by Gasteiger charge is 2.30. The first-order valence-corrected chi connectivity index (χ1v) is 10.7. The summed E-state index contributed by atoms with van der Waals surface area (Å²) in [7, 11) is 0. The SMILES string of the molecule is CC(NC(N)=NCCN1CCN(C(=O)C2CCC2)CC1)c1ccc(Cl)cc1Cl.I. The van der Waals surface area contributed by atoms with Gasteiger partial charge >= 0.3 is 0 Å². The number of halogens is 3. The van der Waals surface area contributed by atoms with E-state index >= 15 is 0 Å². The number of rotatable bonds is 6. The van der Waals surface area contributed by atoms with E-state index in [0.29, 0.717) is 28.5 Å². The highest BCUT2D eigenvalue weighted by molar-refractivity contribution is 14.0. The molecule has 6 nitrogen and oxygen atoms in total. The fourth-order valence-electron chi connectivity index (χ4n) is 3.62. The third-order valence-electron chi connectivity index (χ3n) is 5.63. The first-order chi connectivity index (χ1) is 13.4. The number of benzene rings is 1. The molecule has 1 aliphatic carbocycles. The van der Waals surface area contributed by atoms with Gasteiger partial charge in [0, 0.05) is 48.7 Å². The van der Waals surface area contributed by atoms with Gasteiger partial charge in [0.05, 0.1) is 12.6 Å². The summed E-state index contributed by atoms with van der Waals surface area (Å²) < 4.78 is 0. The van der Waals surface area contributed by atoms with Crippen molar-refractivity contribution >= 4 is 59.0 Å². The molecular weight excluding hydrogens is 524 g/mol. The molecule has 0 spiro atoms. The van der Waals surface area contributed by atoms with Crippen LogP contribution in [0, 0.1) is 5.92 Å². The molecule has 1 saturated carbocycles. The van der Waals surface area contributed by atoms with E-state index in [1.54, 1.807) is 6.07 Å². The van der Waals surface area contributed by atoms with Crippen molar-refractivity contribution in [3.05, 3.63) is 33.8 Å². The number of hydrogen-bond donors (Lipinski definition) is 2. The van der Waals surface area contributed by atoms with Gasteiger partial charge in [-0.1, -0.05) is 35.7 Å². The molecule has 1 unspecified atom stereocenters. The van der Waals surface area contributed by atoms with Gasteiger partial charge < -0.3 is 16.0 Å². The zero-order valence-electron chi connectivity index (χ0n) is 16.7. The summed E-state index contributed by atoms with van der Waals surface area (Å²) in [6.07, 6.45) is 3.34. The van der Waals surface area contributed by atoms with Crippen LogP contribution in [0.15, 0.2) is 23.2 Å². The zero-order chi connectivity index (χ0) is 20.1. The second-order valence-corrected chi connectivity index (χ2v) is 8.44. The van der Waals surface area contributed by atoms with Crippen LogP contribution < -0.4 is 11.1 Å². The molecule has 1 aliphatic heterocycles. The standard InChI is InChI=1S/C20H29Cl2N5O.HI/c1-14(17-6-5-16(21)13-18(17)22)25-20(23)24-7-8-26-9-11-27(12-10-26)19(28)15-3-2-4-15;/h5-6,13-15H,2-4,7-12H2,1H3,(H3,23,24,25);1H. The van der Waals surface area contributed by atoms with E-state index in [1.165, 1.54) is 6.42 Å². The first-order valence-electron chi connectivity index (χ1n) is 9.96. The highest BCUT2D eigenvalue weighted by Crippen LogP contribution is 2.28. The molecule has 2 fully saturated rings. The van der Waals surface area contributed by atoms with Gasteiger partial charge in [0.25, 0.3) is 0 Å². The van der Waals surface area contributed by atoms with E-state index in [-0.39, 0.29) is 35.9 Å². The molecule has 162 valence electrons. The summed E-state index contributed by atoms with van der Waals surface area (Å²) >= 11 is 12.2. The molecule has 0 aromatic heterocycles. The van der Waals surface area contributed by atoms with Crippen LogP contribution in [-0.2, 0) is 4.79 Å². The molecule has 0 radical (unpaired) electrons. The molecule has 1 heterocycles. The minimum Gasteiger partial charge on any atom is -0.370 e. The smallest absolute Gasteiger partial charge is 0.225 e. The van der Waals surface area contributed by atoms with Crippen molar-refractivity contribution in [3.8, 4) is 0 Å². The van der Waals surface area contributed by atoms with Gasteiger partial charge in [-0.2, -0.15) is 0 Å². The number of aliphatic imine (C=N–C) groups is 1. The largest absolute Gasteiger partial charge is 0.370 e. The average molecular weight is 554 g/mol. The maximum Gasteiger partial charge on any atom is 0.225 e. The van der Waals surface area contributed by atoms with Crippen molar-refractivity contribution in [1.82, 2.24) is 15.1 Å². The molecule has 3 N–H and O–H groups in total. The third kappa shape index (κ3) is 6.87. The van der Waals surface area contributed by atoms with Crippen molar-refractivity contribution < 1.29 is 4.79 Å². The number of carbonyl (C=O) groups is 1. The van der Waals surface area contributed by atoms with Crippen LogP contribution >= 0.6 is 47.2 Å². The van der Waals surface area contributed by atoms with Gasteiger partial charge in [0.2, 0.25) is 5.91 Å². The first kappa shape index (κ1) is 24.5. The Bertz CT molecular complexity index is 721. The lowest BCUT2D eigenvalue weighted by atomic mass is 9.84. The number of nitrogens with zero attached hydrogens (tertiary/aromatic N) is 3. The molecule has 1 amide bonds. The van der Waals surface area contributed by atoms with Crippen LogP contribution in [0.5, 0.6) is 0 Å². The summed E-state index contributed by atoms with van der Waals surface area (Å²) in [6, 6.07) is 5.36. The number of piperazine rings is 1. The number of carbonyl (C=O) groups excluding carboxylic acids is 1. The Hall–Kier alpha value is -0.770. The van der Waals surface area contributed by atoms with E-state index in [2.05, 4.69) is 15.2 Å². The Labute approximate surface area is 200 Å². The van der Waals surface area contributed by atoms with Crippen LogP contribution in [0.4, 0.5) is 0 Å². The minimum absolute atomic E-state index is 0. The van der Waals surface area contributed by atoms with Crippen molar-refractivity contribution in [2.75, 3.05) is 39.3 Å². The van der Waals surface area contributed by atoms with Crippen LogP contribution in [0.3, 0.4) is 0 Å². The molecule has 1 saturated heterocycles. The summed E-state index contributed by atoms with van der Waals surface area (Å²) in [4.78, 5) is 21.1. The Morgan fingerprint density at radius 2 is 1.97 bits per heavy atom. The summed E-state index contributed by atoms with van der Waals surface area (Å²) in [6.45, 7) is 6.88. The van der Waals surface area contributed by atoms with Gasteiger partial charge in [0.15, 0.2) is 5.96 Å². The Morgan fingerprint density at radius 1 is 1.28 bits per heavy atom. The molecule has 1 atom stereocenters. The Kier molecular flexibility index (Phi) is 9.78. The number of guanidine groups is 1. The van der Waals surface area contributed by atoms with E-state index in [9.17, 15) is 4.79 Å². The molecule has 1 aromatic rings. The van der Waals surface area contributed by atoms with Gasteiger partial charge in [-0.15, -0.1) is 24.0 Å². The molecule has 1 aromatic carbocycles. The van der Waals surface area contributed by atoms with Gasteiger partial charge in [-0.25, -0.2) is 0 Å². The monoisotopic (exact) mass is 553 g/mol. The zero-order valence-corrected chi connectivity index (χ0v) is 20.6. The molecule has 0 bridgehead atoms. The third-order valence-corrected chi connectivity index (χ3v) is 6.19. The normalized spacial score (nSPS) is 19.3. The maximum atomic E-state index is 12.3. The van der Waals surface area contributed by atoms with E-state index < -0.39 is 0 Å². The number of amides is 1. The van der Waals surface area contributed by atoms with Crippen LogP contribution in [0.1, 0.15) is 37.8 Å². The molecular formula is C20H30Cl2IN5O. The Morgan fingerprint density at radius 3 is 2.55 bits per heavy atom. The quantitative estimate of drug-likeness (QED) is 0.321. The number of hydrogen-bond acceptors (Lipinski definition) is 3. The predicted molar refractivity (Wildman–Crippen MR) is 130 cm³/mol. The highest BCUT2D eigenvalue weighted by atomic mass is 127. The fraction of sp³-hybridized carbons (Fsp3) is 0.600. The van der Waals surface area contributed by atoms with Crippen molar-refractivity contribution in [3.63, 3.8) is 0 Å². The fourth-order valence-corrected chi connectivity index (χ4v) is 4.19. The molecule has 29 heavy (non-hydrogen) atoms. The Balaban J connectivity index is 0.00000300.